The summed E-state index contributed by atoms with van der Waals surface area (Å²) < 4.78 is 0. The Morgan fingerprint density at radius 2 is 1.23 bits per heavy atom. The molecule has 0 bridgehead atoms. The molecule has 0 aromatic heterocycles. The summed E-state index contributed by atoms with van der Waals surface area (Å²) in [6, 6.07) is 14.6. The number of benzene rings is 2. The van der Waals surface area contributed by atoms with Gasteiger partial charge in [0.05, 0.1) is 0 Å². The maximum absolute atomic E-state index is 11.4. The monoisotopic (exact) mass is 294 g/mol. The first-order valence-corrected chi connectivity index (χ1v) is 7.84. The number of carbonyl (C=O) groups is 1. The summed E-state index contributed by atoms with van der Waals surface area (Å²) in [6.45, 7) is 13.2. The Bertz CT molecular complexity index is 632. The third-order valence-corrected chi connectivity index (χ3v) is 3.98. The van der Waals surface area contributed by atoms with Gasteiger partial charge in [-0.2, -0.15) is 0 Å². The normalized spacial score (nSPS) is 12.3. The van der Waals surface area contributed by atoms with Crippen LogP contribution in [0.4, 0.5) is 0 Å². The molecule has 0 aliphatic heterocycles. The molecule has 0 fully saturated rings. The molecule has 2 aromatic carbocycles. The molecule has 0 atom stereocenters. The van der Waals surface area contributed by atoms with Gasteiger partial charge in [0.1, 0.15) is 6.29 Å². The van der Waals surface area contributed by atoms with Crippen molar-refractivity contribution in [3.8, 4) is 11.1 Å². The van der Waals surface area contributed by atoms with E-state index in [0.717, 1.165) is 11.8 Å². The molecule has 1 nitrogen and oxygen atoms in total. The van der Waals surface area contributed by atoms with Gasteiger partial charge in [0.15, 0.2) is 0 Å². The first-order chi connectivity index (χ1) is 10.1. The smallest absolute Gasteiger partial charge is 0.150 e. The fraction of sp³-hybridized carbons (Fsp3) is 0.381. The lowest BCUT2D eigenvalue weighted by Gasteiger charge is -2.31. The average molecular weight is 294 g/mol. The van der Waals surface area contributed by atoms with E-state index in [4.69, 9.17) is 0 Å². The molecule has 0 saturated heterocycles. The van der Waals surface area contributed by atoms with Crippen LogP contribution in [0.1, 0.15) is 63.0 Å². The summed E-state index contributed by atoms with van der Waals surface area (Å²) in [5.41, 5.74) is 5.66. The molecule has 0 N–H and O–H groups in total. The van der Waals surface area contributed by atoms with Gasteiger partial charge in [-0.25, -0.2) is 0 Å². The van der Waals surface area contributed by atoms with Crippen molar-refractivity contribution >= 4 is 6.29 Å². The van der Waals surface area contributed by atoms with Crippen LogP contribution in [0, 0.1) is 0 Å². The predicted molar refractivity (Wildman–Crippen MR) is 94.7 cm³/mol. The molecule has 0 aliphatic carbocycles. The van der Waals surface area contributed by atoms with Gasteiger partial charge in [-0.1, -0.05) is 71.9 Å². The Morgan fingerprint density at radius 3 is 1.59 bits per heavy atom. The fourth-order valence-electron chi connectivity index (χ4n) is 2.83. The second kappa shape index (κ2) is 5.72. The third kappa shape index (κ3) is 3.30. The molecule has 22 heavy (non-hydrogen) atoms. The van der Waals surface area contributed by atoms with Gasteiger partial charge in [0, 0.05) is 5.56 Å². The largest absolute Gasteiger partial charge is 0.298 e. The summed E-state index contributed by atoms with van der Waals surface area (Å²) in [7, 11) is 0. The quantitative estimate of drug-likeness (QED) is 0.643. The van der Waals surface area contributed by atoms with Crippen molar-refractivity contribution in [2.75, 3.05) is 0 Å². The molecule has 0 aliphatic rings. The predicted octanol–water partition coefficient (Wildman–Crippen LogP) is 5.76. The lowest BCUT2D eigenvalue weighted by molar-refractivity contribution is 0.112. The van der Waals surface area contributed by atoms with Gasteiger partial charge in [-0.05, 0) is 45.2 Å². The van der Waals surface area contributed by atoms with E-state index in [1.165, 1.54) is 22.3 Å². The SMILES string of the molecule is CC(C)(C)c1cc(C=O)cc(C(C)(C)C)c1-c1ccccc1. The zero-order chi connectivity index (χ0) is 16.5. The second-order valence-corrected chi connectivity index (χ2v) is 7.97. The summed E-state index contributed by atoms with van der Waals surface area (Å²) >= 11 is 0. The van der Waals surface area contributed by atoms with Gasteiger partial charge in [0.25, 0.3) is 0 Å². The Labute approximate surface area is 134 Å². The minimum Gasteiger partial charge on any atom is -0.298 e. The van der Waals surface area contributed by atoms with Crippen molar-refractivity contribution in [1.29, 1.82) is 0 Å². The third-order valence-electron chi connectivity index (χ3n) is 3.98. The Balaban J connectivity index is 2.91. The van der Waals surface area contributed by atoms with Crippen LogP contribution in [0.5, 0.6) is 0 Å². The first kappa shape index (κ1) is 16.5. The molecule has 1 heteroatoms. The van der Waals surface area contributed by atoms with Crippen LogP contribution >= 0.6 is 0 Å². The van der Waals surface area contributed by atoms with E-state index in [0.29, 0.717) is 0 Å². The molecule has 116 valence electrons. The molecule has 0 saturated carbocycles. The van der Waals surface area contributed by atoms with E-state index >= 15 is 0 Å². The highest BCUT2D eigenvalue weighted by atomic mass is 16.1. The summed E-state index contributed by atoms with van der Waals surface area (Å²) in [5.74, 6) is 0. The number of carbonyl (C=O) groups excluding carboxylic acids is 1. The fourth-order valence-corrected chi connectivity index (χ4v) is 2.83. The van der Waals surface area contributed by atoms with Crippen molar-refractivity contribution < 1.29 is 4.79 Å². The molecular formula is C21H26O. The molecular weight excluding hydrogens is 268 g/mol. The van der Waals surface area contributed by atoms with E-state index in [2.05, 4.69) is 65.8 Å². The van der Waals surface area contributed by atoms with Gasteiger partial charge >= 0.3 is 0 Å². The van der Waals surface area contributed by atoms with E-state index < -0.39 is 0 Å². The minimum absolute atomic E-state index is 0.0236. The summed E-state index contributed by atoms with van der Waals surface area (Å²) in [4.78, 5) is 11.4. The van der Waals surface area contributed by atoms with Crippen molar-refractivity contribution in [2.45, 2.75) is 52.4 Å². The van der Waals surface area contributed by atoms with Crippen LogP contribution in [-0.4, -0.2) is 6.29 Å². The highest BCUT2D eigenvalue weighted by Gasteiger charge is 2.27. The molecule has 0 radical (unpaired) electrons. The minimum atomic E-state index is -0.0236. The Kier molecular flexibility index (Phi) is 4.28. The van der Waals surface area contributed by atoms with Crippen molar-refractivity contribution in [3.63, 3.8) is 0 Å². The lowest BCUT2D eigenvalue weighted by Crippen LogP contribution is -2.20. The van der Waals surface area contributed by atoms with Gasteiger partial charge in [0.2, 0.25) is 0 Å². The van der Waals surface area contributed by atoms with Crippen LogP contribution in [0.25, 0.3) is 11.1 Å². The Hall–Kier alpha value is -1.89. The topological polar surface area (TPSA) is 17.1 Å². The van der Waals surface area contributed by atoms with E-state index in [9.17, 15) is 4.79 Å². The van der Waals surface area contributed by atoms with Crippen molar-refractivity contribution in [1.82, 2.24) is 0 Å². The molecule has 2 rings (SSSR count). The highest BCUT2D eigenvalue weighted by molar-refractivity contribution is 5.82. The van der Waals surface area contributed by atoms with Crippen LogP contribution in [0.3, 0.4) is 0 Å². The average Bonchev–Trinajstić information content (AvgIpc) is 2.45. The number of rotatable bonds is 2. The van der Waals surface area contributed by atoms with Crippen LogP contribution < -0.4 is 0 Å². The summed E-state index contributed by atoms with van der Waals surface area (Å²) in [5, 5.41) is 0. The summed E-state index contributed by atoms with van der Waals surface area (Å²) in [6.07, 6.45) is 0.958. The zero-order valence-corrected chi connectivity index (χ0v) is 14.5. The molecule has 0 heterocycles. The van der Waals surface area contributed by atoms with Crippen LogP contribution in [-0.2, 0) is 10.8 Å². The van der Waals surface area contributed by atoms with Crippen LogP contribution in [0.2, 0.25) is 0 Å². The van der Waals surface area contributed by atoms with E-state index in [1.54, 1.807) is 0 Å². The van der Waals surface area contributed by atoms with Crippen molar-refractivity contribution in [3.05, 3.63) is 59.2 Å². The van der Waals surface area contributed by atoms with E-state index in [1.807, 2.05) is 18.2 Å². The van der Waals surface area contributed by atoms with Crippen molar-refractivity contribution in [2.24, 2.45) is 0 Å². The maximum Gasteiger partial charge on any atom is 0.150 e. The van der Waals surface area contributed by atoms with Gasteiger partial charge in [-0.15, -0.1) is 0 Å². The number of aldehydes is 1. The number of hydrogen-bond donors (Lipinski definition) is 0. The van der Waals surface area contributed by atoms with Crippen LogP contribution in [0.15, 0.2) is 42.5 Å². The lowest BCUT2D eigenvalue weighted by atomic mass is 9.73. The van der Waals surface area contributed by atoms with Gasteiger partial charge < -0.3 is 0 Å². The Morgan fingerprint density at radius 1 is 0.773 bits per heavy atom. The number of hydrogen-bond acceptors (Lipinski definition) is 1. The zero-order valence-electron chi connectivity index (χ0n) is 14.5. The molecule has 0 amide bonds. The maximum atomic E-state index is 11.4. The second-order valence-electron chi connectivity index (χ2n) is 7.97. The molecule has 0 unspecified atom stereocenters. The van der Waals surface area contributed by atoms with Gasteiger partial charge in [-0.3, -0.25) is 4.79 Å². The molecule has 0 spiro atoms. The highest BCUT2D eigenvalue weighted by Crippen LogP contribution is 2.41. The first-order valence-electron chi connectivity index (χ1n) is 7.84. The van der Waals surface area contributed by atoms with E-state index in [-0.39, 0.29) is 10.8 Å². The standard InChI is InChI=1S/C21H26O/c1-20(2,3)17-12-15(14-22)13-18(21(4,5)6)19(17)16-10-8-7-9-11-16/h7-14H,1-6H3. The molecule has 2 aromatic rings.